The molecule has 1 unspecified atom stereocenters. The van der Waals surface area contributed by atoms with Crippen LogP contribution >= 0.6 is 0 Å². The fourth-order valence-electron chi connectivity index (χ4n) is 1.42. The van der Waals surface area contributed by atoms with Crippen molar-refractivity contribution in [3.05, 3.63) is 0 Å². The van der Waals surface area contributed by atoms with E-state index in [0.717, 1.165) is 13.0 Å². The summed E-state index contributed by atoms with van der Waals surface area (Å²) in [4.78, 5) is 13.7. The van der Waals surface area contributed by atoms with Crippen molar-refractivity contribution in [2.45, 2.75) is 32.2 Å². The molecule has 5 nitrogen and oxygen atoms in total. The highest BCUT2D eigenvalue weighted by Gasteiger charge is 2.26. The second-order valence-corrected chi connectivity index (χ2v) is 4.84. The molecule has 1 atom stereocenters. The number of ether oxygens (including phenoxy) is 1. The number of nitrogens with zero attached hydrogens (tertiary/aromatic N) is 1. The van der Waals surface area contributed by atoms with Gasteiger partial charge in [-0.2, -0.15) is 0 Å². The lowest BCUT2D eigenvalue weighted by atomic mass is 9.97. The van der Waals surface area contributed by atoms with E-state index >= 15 is 0 Å². The van der Waals surface area contributed by atoms with Gasteiger partial charge in [0.2, 0.25) is 5.91 Å². The molecule has 0 bridgehead atoms. The van der Waals surface area contributed by atoms with E-state index in [9.17, 15) is 4.79 Å². The van der Waals surface area contributed by atoms with E-state index in [-0.39, 0.29) is 5.91 Å². The first kappa shape index (κ1) is 16.4. The van der Waals surface area contributed by atoms with Gasteiger partial charge in [0.05, 0.1) is 18.8 Å². The highest BCUT2D eigenvalue weighted by Crippen LogP contribution is 2.07. The Labute approximate surface area is 105 Å². The largest absolute Gasteiger partial charge is 0.378 e. The van der Waals surface area contributed by atoms with E-state index in [1.165, 1.54) is 0 Å². The molecule has 0 aromatic carbocycles. The van der Waals surface area contributed by atoms with Crippen LogP contribution in [-0.4, -0.2) is 56.7 Å². The van der Waals surface area contributed by atoms with Crippen molar-refractivity contribution in [2.75, 3.05) is 40.4 Å². The summed E-state index contributed by atoms with van der Waals surface area (Å²) in [7, 11) is 3.99. The second kappa shape index (κ2) is 8.44. The van der Waals surface area contributed by atoms with Crippen molar-refractivity contribution in [1.29, 1.82) is 0 Å². The number of nitrogens with two attached hydrogens (primary N) is 1. The summed E-state index contributed by atoms with van der Waals surface area (Å²) >= 11 is 0. The van der Waals surface area contributed by atoms with Crippen LogP contribution in [0, 0.1) is 0 Å². The molecule has 0 aromatic rings. The molecule has 0 aromatic heterocycles. The number of hydrogen-bond donors (Lipinski definition) is 2. The third kappa shape index (κ3) is 8.12. The predicted molar refractivity (Wildman–Crippen MR) is 69.9 cm³/mol. The van der Waals surface area contributed by atoms with Gasteiger partial charge in [-0.1, -0.05) is 13.3 Å². The van der Waals surface area contributed by atoms with Crippen LogP contribution in [-0.2, 0) is 9.53 Å². The Morgan fingerprint density at radius 2 is 2.06 bits per heavy atom. The molecule has 0 spiro atoms. The standard InChI is InChI=1S/C12H27N3O2/c1-5-6-12(2,13)11(16)14-7-9-17-10-8-15(3)4/h5-10,13H2,1-4H3,(H,14,16). The van der Waals surface area contributed by atoms with Crippen LogP contribution in [0.25, 0.3) is 0 Å². The molecule has 0 fully saturated rings. The summed E-state index contributed by atoms with van der Waals surface area (Å²) in [6.45, 7) is 6.39. The maximum Gasteiger partial charge on any atom is 0.239 e. The molecule has 0 aliphatic heterocycles. The fraction of sp³-hybridized carbons (Fsp3) is 0.917. The zero-order valence-corrected chi connectivity index (χ0v) is 11.6. The maximum absolute atomic E-state index is 11.7. The summed E-state index contributed by atoms with van der Waals surface area (Å²) in [6, 6.07) is 0. The Morgan fingerprint density at radius 3 is 2.59 bits per heavy atom. The number of nitrogens with one attached hydrogen (secondary N) is 1. The van der Waals surface area contributed by atoms with Gasteiger partial charge >= 0.3 is 0 Å². The summed E-state index contributed by atoms with van der Waals surface area (Å²) < 4.78 is 5.37. The summed E-state index contributed by atoms with van der Waals surface area (Å²) in [5.41, 5.74) is 5.13. The first-order valence-electron chi connectivity index (χ1n) is 6.20. The van der Waals surface area contributed by atoms with Gasteiger partial charge in [-0.25, -0.2) is 0 Å². The molecule has 3 N–H and O–H groups in total. The first-order chi connectivity index (χ1) is 7.90. The predicted octanol–water partition coefficient (Wildman–Crippen LogP) is 0.198. The highest BCUT2D eigenvalue weighted by molar-refractivity contribution is 5.85. The van der Waals surface area contributed by atoms with Gasteiger partial charge in [-0.05, 0) is 27.4 Å². The molecule has 17 heavy (non-hydrogen) atoms. The molecule has 0 rings (SSSR count). The van der Waals surface area contributed by atoms with Crippen molar-refractivity contribution in [3.8, 4) is 0 Å². The normalized spacial score (nSPS) is 14.7. The third-order valence-corrected chi connectivity index (χ3v) is 2.50. The molecule has 0 saturated heterocycles. The van der Waals surface area contributed by atoms with E-state index in [2.05, 4.69) is 10.2 Å². The monoisotopic (exact) mass is 245 g/mol. The molecule has 102 valence electrons. The van der Waals surface area contributed by atoms with Gasteiger partial charge in [0.1, 0.15) is 0 Å². The van der Waals surface area contributed by atoms with Gasteiger partial charge in [0.15, 0.2) is 0 Å². The minimum atomic E-state index is -0.765. The van der Waals surface area contributed by atoms with Gasteiger partial charge < -0.3 is 20.7 Å². The van der Waals surface area contributed by atoms with E-state index in [0.29, 0.717) is 26.2 Å². The number of rotatable bonds is 9. The molecule has 0 heterocycles. The van der Waals surface area contributed by atoms with E-state index in [1.54, 1.807) is 6.92 Å². The summed E-state index contributed by atoms with van der Waals surface area (Å²) in [5, 5.41) is 2.79. The van der Waals surface area contributed by atoms with Crippen LogP contribution < -0.4 is 11.1 Å². The minimum absolute atomic E-state index is 0.101. The van der Waals surface area contributed by atoms with E-state index < -0.39 is 5.54 Å². The van der Waals surface area contributed by atoms with Crippen molar-refractivity contribution in [1.82, 2.24) is 10.2 Å². The van der Waals surface area contributed by atoms with E-state index in [4.69, 9.17) is 10.5 Å². The van der Waals surface area contributed by atoms with Crippen LogP contribution in [0.4, 0.5) is 0 Å². The number of likely N-dealkylation sites (N-methyl/N-ethyl adjacent to an activating group) is 1. The molecular formula is C12H27N3O2. The van der Waals surface area contributed by atoms with Gasteiger partial charge in [-0.15, -0.1) is 0 Å². The highest BCUT2D eigenvalue weighted by atomic mass is 16.5. The number of carbonyl (C=O) groups is 1. The SMILES string of the molecule is CCCC(C)(N)C(=O)NCCOCCN(C)C. The zero-order valence-electron chi connectivity index (χ0n) is 11.6. The lowest BCUT2D eigenvalue weighted by Crippen LogP contribution is -2.52. The lowest BCUT2D eigenvalue weighted by Gasteiger charge is -2.22. The first-order valence-corrected chi connectivity index (χ1v) is 6.20. The molecule has 1 amide bonds. The molecule has 0 aliphatic carbocycles. The maximum atomic E-state index is 11.7. The van der Waals surface area contributed by atoms with Crippen LogP contribution in [0.15, 0.2) is 0 Å². The van der Waals surface area contributed by atoms with Crippen LogP contribution in [0.1, 0.15) is 26.7 Å². The lowest BCUT2D eigenvalue weighted by molar-refractivity contribution is -0.126. The van der Waals surface area contributed by atoms with Gasteiger partial charge in [0, 0.05) is 13.1 Å². The minimum Gasteiger partial charge on any atom is -0.378 e. The molecule has 5 heteroatoms. The second-order valence-electron chi connectivity index (χ2n) is 4.84. The van der Waals surface area contributed by atoms with Crippen molar-refractivity contribution >= 4 is 5.91 Å². The number of carbonyl (C=O) groups excluding carboxylic acids is 1. The topological polar surface area (TPSA) is 67.6 Å². The molecular weight excluding hydrogens is 218 g/mol. The van der Waals surface area contributed by atoms with Crippen LogP contribution in [0.3, 0.4) is 0 Å². The Bertz CT molecular complexity index is 218. The van der Waals surface area contributed by atoms with Gasteiger partial charge in [0.25, 0.3) is 0 Å². The molecule has 0 radical (unpaired) electrons. The fourth-order valence-corrected chi connectivity index (χ4v) is 1.42. The summed E-state index contributed by atoms with van der Waals surface area (Å²) in [6.07, 6.45) is 1.60. The number of hydrogen-bond acceptors (Lipinski definition) is 4. The Kier molecular flexibility index (Phi) is 8.12. The zero-order chi connectivity index (χ0) is 13.3. The van der Waals surface area contributed by atoms with E-state index in [1.807, 2.05) is 21.0 Å². The quantitative estimate of drug-likeness (QED) is 0.569. The number of amides is 1. The Morgan fingerprint density at radius 1 is 1.41 bits per heavy atom. The van der Waals surface area contributed by atoms with Crippen molar-refractivity contribution in [2.24, 2.45) is 5.73 Å². The van der Waals surface area contributed by atoms with Gasteiger partial charge in [-0.3, -0.25) is 4.79 Å². The smallest absolute Gasteiger partial charge is 0.239 e. The Hall–Kier alpha value is -0.650. The summed E-state index contributed by atoms with van der Waals surface area (Å²) in [5.74, 6) is -0.101. The third-order valence-electron chi connectivity index (χ3n) is 2.50. The molecule has 0 aliphatic rings. The average molecular weight is 245 g/mol. The van der Waals surface area contributed by atoms with Crippen molar-refractivity contribution in [3.63, 3.8) is 0 Å². The average Bonchev–Trinajstić information content (AvgIpc) is 2.22. The Balaban J connectivity index is 3.58. The molecule has 0 saturated carbocycles. The van der Waals surface area contributed by atoms with Crippen LogP contribution in [0.2, 0.25) is 0 Å². The van der Waals surface area contributed by atoms with Crippen LogP contribution in [0.5, 0.6) is 0 Å². The van der Waals surface area contributed by atoms with Crippen molar-refractivity contribution < 1.29 is 9.53 Å².